The average molecular weight is 265 g/mol. The third kappa shape index (κ3) is 2.25. The second-order valence-corrected chi connectivity index (χ2v) is 5.50. The molecular formula is C14H19NO4. The largest absolute Gasteiger partial charge is 0.481 e. The number of carboxylic acids is 1. The molecule has 0 spiro atoms. The first-order valence-corrected chi connectivity index (χ1v) is 6.46. The fourth-order valence-electron chi connectivity index (χ4n) is 2.60. The summed E-state index contributed by atoms with van der Waals surface area (Å²) in [6, 6.07) is 3.37. The van der Waals surface area contributed by atoms with E-state index < -0.39 is 11.4 Å². The van der Waals surface area contributed by atoms with E-state index >= 15 is 0 Å². The predicted molar refractivity (Wildman–Crippen MR) is 68.9 cm³/mol. The molecule has 0 bridgehead atoms. The second kappa shape index (κ2) is 4.72. The van der Waals surface area contributed by atoms with Gasteiger partial charge in [0.25, 0.3) is 5.91 Å². The van der Waals surface area contributed by atoms with Gasteiger partial charge in [0, 0.05) is 13.1 Å². The number of carbonyl (C=O) groups excluding carboxylic acids is 1. The number of amides is 1. The SMILES string of the molecule is Cc1ccc(C(=O)N2CCC(C(=O)O)(C(C)C)C2)o1. The van der Waals surface area contributed by atoms with Gasteiger partial charge in [0.05, 0.1) is 5.41 Å². The van der Waals surface area contributed by atoms with Crippen molar-refractivity contribution in [2.45, 2.75) is 27.2 Å². The summed E-state index contributed by atoms with van der Waals surface area (Å²) in [7, 11) is 0. The predicted octanol–water partition coefficient (Wildman–Crippen LogP) is 2.16. The van der Waals surface area contributed by atoms with Gasteiger partial charge in [-0.1, -0.05) is 13.8 Å². The minimum atomic E-state index is -0.836. The molecule has 19 heavy (non-hydrogen) atoms. The van der Waals surface area contributed by atoms with E-state index in [-0.39, 0.29) is 24.1 Å². The highest BCUT2D eigenvalue weighted by Crippen LogP contribution is 2.38. The van der Waals surface area contributed by atoms with Gasteiger partial charge in [-0.25, -0.2) is 0 Å². The molecule has 1 amide bonds. The Hall–Kier alpha value is -1.78. The smallest absolute Gasteiger partial charge is 0.311 e. The zero-order valence-corrected chi connectivity index (χ0v) is 11.5. The van der Waals surface area contributed by atoms with Crippen LogP contribution in [0.2, 0.25) is 0 Å². The van der Waals surface area contributed by atoms with Crippen LogP contribution in [0, 0.1) is 18.3 Å². The number of hydrogen-bond donors (Lipinski definition) is 1. The molecule has 1 unspecified atom stereocenters. The maximum Gasteiger partial charge on any atom is 0.311 e. The van der Waals surface area contributed by atoms with Crippen LogP contribution in [0.3, 0.4) is 0 Å². The van der Waals surface area contributed by atoms with Gasteiger partial charge >= 0.3 is 5.97 Å². The van der Waals surface area contributed by atoms with Crippen molar-refractivity contribution in [1.29, 1.82) is 0 Å². The van der Waals surface area contributed by atoms with Gasteiger partial charge in [0.2, 0.25) is 0 Å². The molecule has 0 aliphatic carbocycles. The Labute approximate surface area is 112 Å². The molecule has 1 saturated heterocycles. The number of furan rings is 1. The van der Waals surface area contributed by atoms with Gasteiger partial charge in [0.15, 0.2) is 5.76 Å². The number of aliphatic carboxylic acids is 1. The van der Waals surface area contributed by atoms with Crippen LogP contribution in [0.5, 0.6) is 0 Å². The first-order valence-electron chi connectivity index (χ1n) is 6.46. The van der Waals surface area contributed by atoms with Crippen LogP contribution in [-0.2, 0) is 4.79 Å². The molecule has 0 aromatic carbocycles. The standard InChI is InChI=1S/C14H19NO4/c1-9(2)14(13(17)18)6-7-15(8-14)12(16)11-5-4-10(3)19-11/h4-5,9H,6-8H2,1-3H3,(H,17,18). The number of rotatable bonds is 3. The van der Waals surface area contributed by atoms with E-state index in [2.05, 4.69) is 0 Å². The maximum absolute atomic E-state index is 12.2. The van der Waals surface area contributed by atoms with Gasteiger partial charge in [-0.15, -0.1) is 0 Å². The molecule has 1 aromatic heterocycles. The molecule has 1 fully saturated rings. The molecule has 1 N–H and O–H groups in total. The number of nitrogens with zero attached hydrogens (tertiary/aromatic N) is 1. The van der Waals surface area contributed by atoms with Crippen LogP contribution < -0.4 is 0 Å². The summed E-state index contributed by atoms with van der Waals surface area (Å²) in [6.07, 6.45) is 0.491. The van der Waals surface area contributed by atoms with Crippen LogP contribution in [0.1, 0.15) is 36.6 Å². The highest BCUT2D eigenvalue weighted by molar-refractivity contribution is 5.92. The summed E-state index contributed by atoms with van der Waals surface area (Å²) in [5.74, 6) is -0.107. The number of carbonyl (C=O) groups is 2. The van der Waals surface area contributed by atoms with Gasteiger partial charge in [-0.3, -0.25) is 9.59 Å². The minimum Gasteiger partial charge on any atom is -0.481 e. The summed E-state index contributed by atoms with van der Waals surface area (Å²) >= 11 is 0. The lowest BCUT2D eigenvalue weighted by Gasteiger charge is -2.28. The normalized spacial score (nSPS) is 23.1. The zero-order chi connectivity index (χ0) is 14.2. The molecule has 1 aliphatic rings. The number of hydrogen-bond acceptors (Lipinski definition) is 3. The van der Waals surface area contributed by atoms with Crippen LogP contribution in [0.25, 0.3) is 0 Å². The molecule has 1 atom stereocenters. The molecule has 0 saturated carbocycles. The Bertz CT molecular complexity index is 505. The van der Waals surface area contributed by atoms with Crippen LogP contribution in [-0.4, -0.2) is 35.0 Å². The minimum absolute atomic E-state index is 0.0128. The Morgan fingerprint density at radius 1 is 1.42 bits per heavy atom. The summed E-state index contributed by atoms with van der Waals surface area (Å²) < 4.78 is 5.31. The Morgan fingerprint density at radius 3 is 2.53 bits per heavy atom. The third-order valence-electron chi connectivity index (χ3n) is 4.07. The Morgan fingerprint density at radius 2 is 2.11 bits per heavy atom. The summed E-state index contributed by atoms with van der Waals surface area (Å²) in [6.45, 7) is 6.26. The lowest BCUT2D eigenvalue weighted by atomic mass is 9.76. The molecule has 0 radical (unpaired) electrons. The van der Waals surface area contributed by atoms with E-state index in [1.165, 1.54) is 0 Å². The highest BCUT2D eigenvalue weighted by atomic mass is 16.4. The molecule has 5 heteroatoms. The summed E-state index contributed by atoms with van der Waals surface area (Å²) in [4.78, 5) is 25.3. The molecule has 1 aromatic rings. The molecule has 1 aliphatic heterocycles. The summed E-state index contributed by atoms with van der Waals surface area (Å²) in [5.41, 5.74) is -0.836. The van der Waals surface area contributed by atoms with E-state index in [4.69, 9.17) is 4.42 Å². The van der Waals surface area contributed by atoms with Gasteiger partial charge < -0.3 is 14.4 Å². The maximum atomic E-state index is 12.2. The van der Waals surface area contributed by atoms with Crippen LogP contribution in [0.15, 0.2) is 16.5 Å². The van der Waals surface area contributed by atoms with Gasteiger partial charge in [0.1, 0.15) is 5.76 Å². The lowest BCUT2D eigenvalue weighted by molar-refractivity contribution is -0.150. The van der Waals surface area contributed by atoms with Gasteiger partial charge in [-0.2, -0.15) is 0 Å². The fraction of sp³-hybridized carbons (Fsp3) is 0.571. The number of likely N-dealkylation sites (tertiary alicyclic amines) is 1. The van der Waals surface area contributed by atoms with Crippen molar-refractivity contribution in [3.8, 4) is 0 Å². The van der Waals surface area contributed by atoms with Crippen molar-refractivity contribution in [3.05, 3.63) is 23.7 Å². The number of carboxylic acid groups (broad SMARTS) is 1. The first kappa shape index (κ1) is 13.6. The van der Waals surface area contributed by atoms with Crippen molar-refractivity contribution in [2.24, 2.45) is 11.3 Å². The second-order valence-electron chi connectivity index (χ2n) is 5.50. The van der Waals surface area contributed by atoms with E-state index in [0.29, 0.717) is 18.7 Å². The highest BCUT2D eigenvalue weighted by Gasteiger charge is 2.48. The quantitative estimate of drug-likeness (QED) is 0.909. The lowest BCUT2D eigenvalue weighted by Crippen LogP contribution is -2.40. The van der Waals surface area contributed by atoms with Crippen molar-refractivity contribution in [2.75, 3.05) is 13.1 Å². The van der Waals surface area contributed by atoms with E-state index in [0.717, 1.165) is 0 Å². The van der Waals surface area contributed by atoms with Crippen LogP contribution >= 0.6 is 0 Å². The van der Waals surface area contributed by atoms with Crippen molar-refractivity contribution < 1.29 is 19.1 Å². The monoisotopic (exact) mass is 265 g/mol. The van der Waals surface area contributed by atoms with Crippen molar-refractivity contribution >= 4 is 11.9 Å². The van der Waals surface area contributed by atoms with Crippen molar-refractivity contribution in [3.63, 3.8) is 0 Å². The van der Waals surface area contributed by atoms with Gasteiger partial charge in [-0.05, 0) is 31.4 Å². The topological polar surface area (TPSA) is 70.8 Å². The third-order valence-corrected chi connectivity index (χ3v) is 4.07. The van der Waals surface area contributed by atoms with E-state index in [1.54, 1.807) is 24.0 Å². The van der Waals surface area contributed by atoms with E-state index in [9.17, 15) is 14.7 Å². The fourth-order valence-corrected chi connectivity index (χ4v) is 2.60. The number of aryl methyl sites for hydroxylation is 1. The molecule has 2 heterocycles. The Balaban J connectivity index is 2.18. The summed E-state index contributed by atoms with van der Waals surface area (Å²) in [5, 5.41) is 9.45. The molecule has 104 valence electrons. The van der Waals surface area contributed by atoms with E-state index in [1.807, 2.05) is 13.8 Å². The Kier molecular flexibility index (Phi) is 3.39. The first-order chi connectivity index (χ1) is 8.86. The van der Waals surface area contributed by atoms with Crippen molar-refractivity contribution in [1.82, 2.24) is 4.90 Å². The molecule has 5 nitrogen and oxygen atoms in total. The molecule has 2 rings (SSSR count). The molecular weight excluding hydrogens is 246 g/mol. The zero-order valence-electron chi connectivity index (χ0n) is 11.5. The van der Waals surface area contributed by atoms with Crippen LogP contribution in [0.4, 0.5) is 0 Å². The average Bonchev–Trinajstić information content (AvgIpc) is 2.94.